The summed E-state index contributed by atoms with van der Waals surface area (Å²) < 4.78 is 5.25. The van der Waals surface area contributed by atoms with Crippen molar-refractivity contribution in [2.75, 3.05) is 13.1 Å². The lowest BCUT2D eigenvalue weighted by Crippen LogP contribution is -2.32. The first-order valence-corrected chi connectivity index (χ1v) is 6.32. The van der Waals surface area contributed by atoms with E-state index in [0.717, 1.165) is 25.3 Å². The summed E-state index contributed by atoms with van der Waals surface area (Å²) in [4.78, 5) is 13.5. The van der Waals surface area contributed by atoms with E-state index in [4.69, 9.17) is 16.0 Å². The molecule has 0 aliphatic carbocycles. The summed E-state index contributed by atoms with van der Waals surface area (Å²) >= 11 is 5.69. The second-order valence-corrected chi connectivity index (χ2v) is 4.70. The number of hydrogen-bond acceptors (Lipinski definition) is 3. The fourth-order valence-corrected chi connectivity index (χ4v) is 2.25. The molecule has 0 radical (unpaired) electrons. The van der Waals surface area contributed by atoms with E-state index >= 15 is 0 Å². The van der Waals surface area contributed by atoms with Crippen LogP contribution >= 0.6 is 11.6 Å². The monoisotopic (exact) mass is 256 g/mol. The molecule has 1 unspecified atom stereocenters. The SMILES string of the molecule is CCCN1CC(NCc2ccc(Cl)o2)CC1=O. The van der Waals surface area contributed by atoms with Crippen molar-refractivity contribution < 1.29 is 9.21 Å². The zero-order valence-corrected chi connectivity index (χ0v) is 10.7. The van der Waals surface area contributed by atoms with Gasteiger partial charge in [0.2, 0.25) is 5.91 Å². The summed E-state index contributed by atoms with van der Waals surface area (Å²) in [6, 6.07) is 3.79. The summed E-state index contributed by atoms with van der Waals surface area (Å²) in [6.45, 7) is 4.34. The lowest BCUT2D eigenvalue weighted by molar-refractivity contribution is -0.127. The molecule has 1 fully saturated rings. The van der Waals surface area contributed by atoms with Gasteiger partial charge in [-0.2, -0.15) is 0 Å². The molecule has 1 aliphatic heterocycles. The summed E-state index contributed by atoms with van der Waals surface area (Å²) in [5, 5.41) is 3.72. The predicted octanol–water partition coefficient (Wildman–Crippen LogP) is 2.03. The molecule has 2 heterocycles. The Labute approximate surface area is 106 Å². The Bertz CT molecular complexity index is 392. The van der Waals surface area contributed by atoms with Crippen LogP contribution in [0.15, 0.2) is 16.5 Å². The van der Waals surface area contributed by atoms with Crippen LogP contribution in [0.2, 0.25) is 5.22 Å². The molecule has 1 aliphatic rings. The molecule has 4 nitrogen and oxygen atoms in total. The second kappa shape index (κ2) is 5.56. The van der Waals surface area contributed by atoms with Crippen LogP contribution in [-0.2, 0) is 11.3 Å². The third-order valence-corrected chi connectivity index (χ3v) is 3.10. The molecule has 94 valence electrons. The van der Waals surface area contributed by atoms with Crippen LogP contribution in [-0.4, -0.2) is 29.9 Å². The maximum absolute atomic E-state index is 11.6. The van der Waals surface area contributed by atoms with Crippen LogP contribution in [0.25, 0.3) is 0 Å². The molecule has 1 N–H and O–H groups in total. The molecule has 1 atom stereocenters. The molecule has 0 saturated carbocycles. The Morgan fingerprint density at radius 1 is 1.59 bits per heavy atom. The molecule has 17 heavy (non-hydrogen) atoms. The average Bonchev–Trinajstić information content (AvgIpc) is 2.84. The van der Waals surface area contributed by atoms with Crippen molar-refractivity contribution in [3.05, 3.63) is 23.1 Å². The van der Waals surface area contributed by atoms with Crippen molar-refractivity contribution in [1.29, 1.82) is 0 Å². The van der Waals surface area contributed by atoms with Crippen LogP contribution in [0, 0.1) is 0 Å². The zero-order chi connectivity index (χ0) is 12.3. The maximum atomic E-state index is 11.6. The lowest BCUT2D eigenvalue weighted by atomic mass is 10.2. The van der Waals surface area contributed by atoms with Gasteiger partial charge < -0.3 is 14.6 Å². The van der Waals surface area contributed by atoms with E-state index < -0.39 is 0 Å². The van der Waals surface area contributed by atoms with Gasteiger partial charge in [-0.1, -0.05) is 6.92 Å². The molecule has 0 aromatic carbocycles. The largest absolute Gasteiger partial charge is 0.448 e. The van der Waals surface area contributed by atoms with Crippen molar-refractivity contribution >= 4 is 17.5 Å². The fourth-order valence-electron chi connectivity index (χ4n) is 2.09. The number of carbonyl (C=O) groups excluding carboxylic acids is 1. The second-order valence-electron chi connectivity index (χ2n) is 4.33. The smallest absolute Gasteiger partial charge is 0.224 e. The zero-order valence-electron chi connectivity index (χ0n) is 9.91. The quantitative estimate of drug-likeness (QED) is 0.877. The first-order chi connectivity index (χ1) is 8.19. The number of furan rings is 1. The van der Waals surface area contributed by atoms with Crippen molar-refractivity contribution in [1.82, 2.24) is 10.2 Å². The van der Waals surface area contributed by atoms with Crippen molar-refractivity contribution in [2.45, 2.75) is 32.4 Å². The Kier molecular flexibility index (Phi) is 4.07. The highest BCUT2D eigenvalue weighted by molar-refractivity contribution is 6.28. The van der Waals surface area contributed by atoms with Gasteiger partial charge >= 0.3 is 0 Å². The Morgan fingerprint density at radius 3 is 3.06 bits per heavy atom. The minimum atomic E-state index is 0.220. The molecular weight excluding hydrogens is 240 g/mol. The Hall–Kier alpha value is -1.00. The lowest BCUT2D eigenvalue weighted by Gasteiger charge is -2.15. The summed E-state index contributed by atoms with van der Waals surface area (Å²) in [6.07, 6.45) is 1.58. The number of nitrogens with one attached hydrogen (secondary N) is 1. The predicted molar refractivity (Wildman–Crippen MR) is 65.8 cm³/mol. The van der Waals surface area contributed by atoms with Gasteiger partial charge in [0.25, 0.3) is 0 Å². The molecule has 1 aromatic rings. The van der Waals surface area contributed by atoms with E-state index in [1.54, 1.807) is 6.07 Å². The number of nitrogens with zero attached hydrogens (tertiary/aromatic N) is 1. The van der Waals surface area contributed by atoms with Crippen LogP contribution in [0.3, 0.4) is 0 Å². The maximum Gasteiger partial charge on any atom is 0.224 e. The number of halogens is 1. The van der Waals surface area contributed by atoms with Crippen LogP contribution in [0.1, 0.15) is 25.5 Å². The van der Waals surface area contributed by atoms with Crippen LogP contribution < -0.4 is 5.32 Å². The topological polar surface area (TPSA) is 45.5 Å². The van der Waals surface area contributed by atoms with E-state index in [1.807, 2.05) is 11.0 Å². The summed E-state index contributed by atoms with van der Waals surface area (Å²) in [5.41, 5.74) is 0. The van der Waals surface area contributed by atoms with Crippen molar-refractivity contribution in [3.8, 4) is 0 Å². The van der Waals surface area contributed by atoms with Gasteiger partial charge in [-0.3, -0.25) is 4.79 Å². The van der Waals surface area contributed by atoms with Gasteiger partial charge in [-0.05, 0) is 30.2 Å². The van der Waals surface area contributed by atoms with Gasteiger partial charge in [0.15, 0.2) is 5.22 Å². The molecule has 2 rings (SSSR count). The number of likely N-dealkylation sites (tertiary alicyclic amines) is 1. The summed E-state index contributed by atoms with van der Waals surface area (Å²) in [7, 11) is 0. The van der Waals surface area contributed by atoms with Gasteiger partial charge in [-0.25, -0.2) is 0 Å². The minimum Gasteiger partial charge on any atom is -0.448 e. The molecule has 0 bridgehead atoms. The van der Waals surface area contributed by atoms with Crippen molar-refractivity contribution in [3.63, 3.8) is 0 Å². The molecule has 5 heteroatoms. The number of hydrogen-bond donors (Lipinski definition) is 1. The van der Waals surface area contributed by atoms with Gasteiger partial charge in [0.05, 0.1) is 6.54 Å². The molecule has 1 amide bonds. The average molecular weight is 257 g/mol. The van der Waals surface area contributed by atoms with E-state index in [1.165, 1.54) is 0 Å². The van der Waals surface area contributed by atoms with Crippen LogP contribution in [0.5, 0.6) is 0 Å². The number of carbonyl (C=O) groups is 1. The first kappa shape index (κ1) is 12.5. The van der Waals surface area contributed by atoms with E-state index in [-0.39, 0.29) is 11.9 Å². The van der Waals surface area contributed by atoms with Gasteiger partial charge in [0, 0.05) is 25.6 Å². The van der Waals surface area contributed by atoms with Crippen molar-refractivity contribution in [2.24, 2.45) is 0 Å². The standard InChI is InChI=1S/C12H17ClN2O2/c1-2-5-15-8-9(6-12(15)16)14-7-10-3-4-11(13)17-10/h3-4,9,14H,2,5-8H2,1H3. The van der Waals surface area contributed by atoms with Gasteiger partial charge in [0.1, 0.15) is 5.76 Å². The molecule has 0 spiro atoms. The normalized spacial score (nSPS) is 20.2. The third-order valence-electron chi connectivity index (χ3n) is 2.90. The highest BCUT2D eigenvalue weighted by Gasteiger charge is 2.28. The highest BCUT2D eigenvalue weighted by atomic mass is 35.5. The Morgan fingerprint density at radius 2 is 2.41 bits per heavy atom. The van der Waals surface area contributed by atoms with Gasteiger partial charge in [-0.15, -0.1) is 0 Å². The van der Waals surface area contributed by atoms with E-state index in [0.29, 0.717) is 18.2 Å². The summed E-state index contributed by atoms with van der Waals surface area (Å²) in [5.74, 6) is 1.04. The molecule has 1 saturated heterocycles. The van der Waals surface area contributed by atoms with E-state index in [2.05, 4.69) is 12.2 Å². The third kappa shape index (κ3) is 3.23. The Balaban J connectivity index is 1.79. The highest BCUT2D eigenvalue weighted by Crippen LogP contribution is 2.15. The number of rotatable bonds is 5. The van der Waals surface area contributed by atoms with E-state index in [9.17, 15) is 4.79 Å². The minimum absolute atomic E-state index is 0.220. The van der Waals surface area contributed by atoms with Crippen LogP contribution in [0.4, 0.5) is 0 Å². The molecule has 1 aromatic heterocycles. The fraction of sp³-hybridized carbons (Fsp3) is 0.583. The number of amides is 1. The first-order valence-electron chi connectivity index (χ1n) is 5.94. The molecular formula is C12H17ClN2O2.